The minimum Gasteiger partial charge on any atom is -0.329 e. The number of hydrazine groups is 1. The molecule has 0 spiro atoms. The Morgan fingerprint density at radius 3 is 2.71 bits per heavy atom. The maximum atomic E-state index is 12.9. The van der Waals surface area contributed by atoms with Crippen LogP contribution in [0.1, 0.15) is 11.6 Å². The SMILES string of the molecule is CN(C)NC(CN)c1cccc(F)c1. The van der Waals surface area contributed by atoms with Gasteiger partial charge in [0.1, 0.15) is 5.82 Å². The standard InChI is InChI=1S/C10H16FN3/c1-14(2)13-10(7-12)8-4-3-5-9(11)6-8/h3-6,10,13H,7,12H2,1-2H3. The van der Waals surface area contributed by atoms with Crippen LogP contribution in [0.3, 0.4) is 0 Å². The number of nitrogens with one attached hydrogen (secondary N) is 1. The van der Waals surface area contributed by atoms with E-state index in [1.165, 1.54) is 12.1 Å². The fraction of sp³-hybridized carbons (Fsp3) is 0.400. The summed E-state index contributed by atoms with van der Waals surface area (Å²) in [6.07, 6.45) is 0. The zero-order chi connectivity index (χ0) is 10.6. The fourth-order valence-electron chi connectivity index (χ4n) is 1.30. The van der Waals surface area contributed by atoms with Crippen LogP contribution in [0.2, 0.25) is 0 Å². The molecule has 1 aromatic rings. The quantitative estimate of drug-likeness (QED) is 0.704. The van der Waals surface area contributed by atoms with Gasteiger partial charge in [0.2, 0.25) is 0 Å². The Balaban J connectivity index is 2.78. The molecule has 3 nitrogen and oxygen atoms in total. The van der Waals surface area contributed by atoms with E-state index in [9.17, 15) is 4.39 Å². The average molecular weight is 197 g/mol. The molecule has 1 unspecified atom stereocenters. The number of hydrogen-bond acceptors (Lipinski definition) is 3. The topological polar surface area (TPSA) is 41.3 Å². The van der Waals surface area contributed by atoms with Crippen molar-refractivity contribution in [2.75, 3.05) is 20.6 Å². The highest BCUT2D eigenvalue weighted by molar-refractivity contribution is 5.20. The molecule has 0 saturated heterocycles. The molecule has 0 radical (unpaired) electrons. The van der Waals surface area contributed by atoms with E-state index >= 15 is 0 Å². The Morgan fingerprint density at radius 2 is 2.21 bits per heavy atom. The Bertz CT molecular complexity index is 288. The normalized spacial score (nSPS) is 13.2. The van der Waals surface area contributed by atoms with Crippen LogP contribution in [0.5, 0.6) is 0 Å². The Kier molecular flexibility index (Phi) is 4.00. The maximum absolute atomic E-state index is 12.9. The smallest absolute Gasteiger partial charge is 0.123 e. The second-order valence-corrected chi connectivity index (χ2v) is 3.37. The van der Waals surface area contributed by atoms with Crippen molar-refractivity contribution in [3.05, 3.63) is 35.6 Å². The van der Waals surface area contributed by atoms with E-state index in [2.05, 4.69) is 5.43 Å². The Labute approximate surface area is 83.7 Å². The summed E-state index contributed by atoms with van der Waals surface area (Å²) in [6.45, 7) is 0.432. The van der Waals surface area contributed by atoms with Crippen LogP contribution in [-0.2, 0) is 0 Å². The summed E-state index contributed by atoms with van der Waals surface area (Å²) in [7, 11) is 3.75. The van der Waals surface area contributed by atoms with Crippen molar-refractivity contribution in [2.24, 2.45) is 5.73 Å². The molecule has 0 aliphatic carbocycles. The highest BCUT2D eigenvalue weighted by Crippen LogP contribution is 2.12. The highest BCUT2D eigenvalue weighted by Gasteiger charge is 2.09. The van der Waals surface area contributed by atoms with Crippen LogP contribution < -0.4 is 11.2 Å². The summed E-state index contributed by atoms with van der Waals surface area (Å²) in [5.74, 6) is -0.235. The number of nitrogens with two attached hydrogens (primary N) is 1. The molecule has 0 amide bonds. The molecule has 1 rings (SSSR count). The van der Waals surface area contributed by atoms with Gasteiger partial charge in [0, 0.05) is 20.6 Å². The molecule has 0 heterocycles. The molecule has 0 aliphatic heterocycles. The lowest BCUT2D eigenvalue weighted by molar-refractivity contribution is 0.245. The molecule has 0 saturated carbocycles. The number of halogens is 1. The van der Waals surface area contributed by atoms with E-state index in [4.69, 9.17) is 5.73 Å². The summed E-state index contributed by atoms with van der Waals surface area (Å²) in [6, 6.07) is 6.42. The summed E-state index contributed by atoms with van der Waals surface area (Å²) in [5.41, 5.74) is 9.57. The molecule has 0 aliphatic rings. The van der Waals surface area contributed by atoms with Crippen LogP contribution in [0.4, 0.5) is 4.39 Å². The van der Waals surface area contributed by atoms with E-state index in [-0.39, 0.29) is 11.9 Å². The molecule has 0 fully saturated rings. The van der Waals surface area contributed by atoms with Crippen LogP contribution >= 0.6 is 0 Å². The zero-order valence-corrected chi connectivity index (χ0v) is 8.50. The van der Waals surface area contributed by atoms with E-state index < -0.39 is 0 Å². The van der Waals surface area contributed by atoms with Crippen LogP contribution in [-0.4, -0.2) is 25.6 Å². The van der Waals surface area contributed by atoms with Gasteiger partial charge in [0.25, 0.3) is 0 Å². The molecule has 14 heavy (non-hydrogen) atoms. The van der Waals surface area contributed by atoms with Gasteiger partial charge >= 0.3 is 0 Å². The van der Waals surface area contributed by atoms with Gasteiger partial charge in [-0.1, -0.05) is 12.1 Å². The summed E-state index contributed by atoms with van der Waals surface area (Å²) in [4.78, 5) is 0. The van der Waals surface area contributed by atoms with Gasteiger partial charge in [0.05, 0.1) is 6.04 Å². The first-order valence-corrected chi connectivity index (χ1v) is 4.52. The van der Waals surface area contributed by atoms with Crippen molar-refractivity contribution in [1.29, 1.82) is 0 Å². The highest BCUT2D eigenvalue weighted by atomic mass is 19.1. The molecule has 1 aromatic carbocycles. The van der Waals surface area contributed by atoms with Crippen LogP contribution in [0.25, 0.3) is 0 Å². The molecular weight excluding hydrogens is 181 g/mol. The van der Waals surface area contributed by atoms with Gasteiger partial charge < -0.3 is 5.73 Å². The minimum absolute atomic E-state index is 0.0410. The minimum atomic E-state index is -0.235. The first-order valence-electron chi connectivity index (χ1n) is 4.52. The van der Waals surface area contributed by atoms with Gasteiger partial charge in [-0.25, -0.2) is 14.8 Å². The van der Waals surface area contributed by atoms with Gasteiger partial charge in [-0.3, -0.25) is 0 Å². The molecule has 4 heteroatoms. The monoisotopic (exact) mass is 197 g/mol. The summed E-state index contributed by atoms with van der Waals surface area (Å²) < 4.78 is 12.9. The maximum Gasteiger partial charge on any atom is 0.123 e. The lowest BCUT2D eigenvalue weighted by Crippen LogP contribution is -2.38. The molecule has 3 N–H and O–H groups in total. The van der Waals surface area contributed by atoms with Crippen LogP contribution in [0.15, 0.2) is 24.3 Å². The average Bonchev–Trinajstić information content (AvgIpc) is 2.14. The first-order chi connectivity index (χ1) is 6.63. The molecule has 1 atom stereocenters. The van der Waals surface area contributed by atoms with E-state index in [0.29, 0.717) is 6.54 Å². The van der Waals surface area contributed by atoms with E-state index in [1.54, 1.807) is 6.07 Å². The van der Waals surface area contributed by atoms with Gasteiger partial charge in [-0.05, 0) is 17.7 Å². The fourth-order valence-corrected chi connectivity index (χ4v) is 1.30. The second kappa shape index (κ2) is 5.05. The lowest BCUT2D eigenvalue weighted by Gasteiger charge is -2.21. The van der Waals surface area contributed by atoms with E-state index in [1.807, 2.05) is 25.2 Å². The first kappa shape index (κ1) is 11.1. The number of benzene rings is 1. The van der Waals surface area contributed by atoms with Crippen LogP contribution in [0, 0.1) is 5.82 Å². The van der Waals surface area contributed by atoms with Gasteiger partial charge in [-0.2, -0.15) is 0 Å². The van der Waals surface area contributed by atoms with Crippen molar-refractivity contribution in [2.45, 2.75) is 6.04 Å². The van der Waals surface area contributed by atoms with Crippen molar-refractivity contribution >= 4 is 0 Å². The Morgan fingerprint density at radius 1 is 1.50 bits per heavy atom. The second-order valence-electron chi connectivity index (χ2n) is 3.37. The number of nitrogens with zero attached hydrogens (tertiary/aromatic N) is 1. The molecule has 0 aromatic heterocycles. The van der Waals surface area contributed by atoms with Crippen molar-refractivity contribution in [3.8, 4) is 0 Å². The summed E-state index contributed by atoms with van der Waals surface area (Å²) in [5, 5.41) is 1.81. The molecule has 78 valence electrons. The number of hydrogen-bond donors (Lipinski definition) is 2. The lowest BCUT2D eigenvalue weighted by atomic mass is 10.1. The molecular formula is C10H16FN3. The van der Waals surface area contributed by atoms with Gasteiger partial charge in [-0.15, -0.1) is 0 Å². The largest absolute Gasteiger partial charge is 0.329 e. The predicted molar refractivity (Wildman–Crippen MR) is 55.0 cm³/mol. The predicted octanol–water partition coefficient (Wildman–Crippen LogP) is 0.892. The van der Waals surface area contributed by atoms with Crippen molar-refractivity contribution in [1.82, 2.24) is 10.4 Å². The third-order valence-electron chi connectivity index (χ3n) is 1.90. The van der Waals surface area contributed by atoms with Gasteiger partial charge in [0.15, 0.2) is 0 Å². The third kappa shape index (κ3) is 3.06. The van der Waals surface area contributed by atoms with Crippen molar-refractivity contribution < 1.29 is 4.39 Å². The number of rotatable bonds is 4. The van der Waals surface area contributed by atoms with E-state index in [0.717, 1.165) is 5.56 Å². The Hall–Kier alpha value is -0.970. The zero-order valence-electron chi connectivity index (χ0n) is 8.50. The van der Waals surface area contributed by atoms with Crippen molar-refractivity contribution in [3.63, 3.8) is 0 Å². The third-order valence-corrected chi connectivity index (χ3v) is 1.90. The summed E-state index contributed by atoms with van der Waals surface area (Å²) >= 11 is 0. The molecule has 0 bridgehead atoms.